The molecule has 1 aliphatic rings. The predicted octanol–water partition coefficient (Wildman–Crippen LogP) is 8.43. The van der Waals surface area contributed by atoms with Gasteiger partial charge in [-0.2, -0.15) is 0 Å². The van der Waals surface area contributed by atoms with Crippen molar-refractivity contribution in [3.63, 3.8) is 0 Å². The Hall–Kier alpha value is -3.45. The van der Waals surface area contributed by atoms with Crippen molar-refractivity contribution >= 4 is 57.8 Å². The largest absolute Gasteiger partial charge is 0.489 e. The number of hydrogen-bond acceptors (Lipinski definition) is 4. The number of nitrogens with zero attached hydrogens (tertiary/aromatic N) is 2. The second-order valence-corrected chi connectivity index (χ2v) is 11.1. The number of thioether (sulfide) groups is 1. The van der Waals surface area contributed by atoms with Gasteiger partial charge in [-0.1, -0.05) is 48.3 Å². The highest BCUT2D eigenvalue weighted by Gasteiger charge is 2.24. The highest BCUT2D eigenvalue weighted by Crippen LogP contribution is 2.31. The number of carbonyl (C=O) groups is 1. The molecule has 1 aromatic heterocycles. The summed E-state index contributed by atoms with van der Waals surface area (Å²) in [5, 5.41) is 4.64. The molecule has 0 aliphatic carbocycles. The molecule has 1 N–H and O–H groups in total. The van der Waals surface area contributed by atoms with Gasteiger partial charge in [-0.3, -0.25) is 4.79 Å². The average molecular weight is 577 g/mol. The van der Waals surface area contributed by atoms with E-state index in [0.717, 1.165) is 46.1 Å². The van der Waals surface area contributed by atoms with Crippen LogP contribution in [0.2, 0.25) is 10.0 Å². The molecule has 8 heteroatoms. The first-order valence-electron chi connectivity index (χ1n) is 12.6. The lowest BCUT2D eigenvalue weighted by Crippen LogP contribution is -2.19. The predicted molar refractivity (Wildman–Crippen MR) is 163 cm³/mol. The first kappa shape index (κ1) is 27.1. The fourth-order valence-corrected chi connectivity index (χ4v) is 5.66. The molecule has 0 saturated carbocycles. The van der Waals surface area contributed by atoms with E-state index in [1.807, 2.05) is 55.5 Å². The van der Waals surface area contributed by atoms with E-state index in [1.54, 1.807) is 12.1 Å². The van der Waals surface area contributed by atoms with E-state index >= 15 is 0 Å². The van der Waals surface area contributed by atoms with Crippen LogP contribution in [0.15, 0.2) is 82.7 Å². The molecule has 1 saturated heterocycles. The van der Waals surface area contributed by atoms with Crippen LogP contribution in [-0.2, 0) is 17.8 Å². The van der Waals surface area contributed by atoms with Crippen molar-refractivity contribution in [3.05, 3.63) is 116 Å². The van der Waals surface area contributed by atoms with E-state index in [-0.39, 0.29) is 5.91 Å². The minimum Gasteiger partial charge on any atom is -0.489 e. The fraction of sp³-hybridized carbons (Fsp3) is 0.161. The van der Waals surface area contributed by atoms with Gasteiger partial charge in [0.2, 0.25) is 0 Å². The molecular weight excluding hydrogens is 549 g/mol. The molecule has 1 fully saturated rings. The number of hydrogen-bond donors (Lipinski definition) is 1. The van der Waals surface area contributed by atoms with Crippen LogP contribution in [0.5, 0.6) is 5.75 Å². The van der Waals surface area contributed by atoms with Crippen molar-refractivity contribution in [2.45, 2.75) is 33.8 Å². The van der Waals surface area contributed by atoms with Crippen LogP contribution in [0.25, 0.3) is 11.8 Å². The minimum atomic E-state index is -0.143. The van der Waals surface area contributed by atoms with Gasteiger partial charge in [0.25, 0.3) is 5.91 Å². The summed E-state index contributed by atoms with van der Waals surface area (Å²) in [7, 11) is 0. The lowest BCUT2D eigenvalue weighted by Gasteiger charge is -2.12. The van der Waals surface area contributed by atoms with Crippen molar-refractivity contribution in [2.75, 3.05) is 0 Å². The first-order chi connectivity index (χ1) is 18.8. The fourth-order valence-electron chi connectivity index (χ4n) is 4.37. The minimum absolute atomic E-state index is 0.143. The normalized spacial score (nSPS) is 15.3. The second-order valence-electron chi connectivity index (χ2n) is 9.18. The summed E-state index contributed by atoms with van der Waals surface area (Å²) < 4.78 is 8.09. The summed E-state index contributed by atoms with van der Waals surface area (Å²) in [6.45, 7) is 6.57. The van der Waals surface area contributed by atoms with Gasteiger partial charge in [0.1, 0.15) is 12.4 Å². The number of benzene rings is 3. The van der Waals surface area contributed by atoms with Crippen molar-refractivity contribution in [2.24, 2.45) is 4.99 Å². The van der Waals surface area contributed by atoms with E-state index in [0.29, 0.717) is 26.7 Å². The Morgan fingerprint density at radius 3 is 2.44 bits per heavy atom. The molecule has 5 rings (SSSR count). The molecule has 0 atom stereocenters. The Morgan fingerprint density at radius 2 is 1.74 bits per heavy atom. The molecule has 0 unspecified atom stereocenters. The third-order valence-corrected chi connectivity index (χ3v) is 7.98. The number of amidine groups is 1. The van der Waals surface area contributed by atoms with Gasteiger partial charge in [0, 0.05) is 32.7 Å². The average Bonchev–Trinajstić information content (AvgIpc) is 3.41. The Bertz CT molecular complexity index is 1590. The number of carbonyl (C=O) groups excluding carboxylic acids is 1. The number of aromatic nitrogens is 1. The second kappa shape index (κ2) is 11.7. The van der Waals surface area contributed by atoms with Crippen LogP contribution >= 0.6 is 35.0 Å². The highest BCUT2D eigenvalue weighted by molar-refractivity contribution is 8.18. The zero-order chi connectivity index (χ0) is 27.5. The Balaban J connectivity index is 1.31. The molecule has 0 spiro atoms. The molecular formula is C31H27Cl2N3O2S. The van der Waals surface area contributed by atoms with Gasteiger partial charge in [-0.15, -0.1) is 0 Å². The summed E-state index contributed by atoms with van der Waals surface area (Å²) in [5.74, 6) is 0.598. The van der Waals surface area contributed by atoms with Crippen molar-refractivity contribution in [1.82, 2.24) is 9.88 Å². The smallest absolute Gasteiger partial charge is 0.264 e. The van der Waals surface area contributed by atoms with Gasteiger partial charge in [0.05, 0.1) is 10.6 Å². The summed E-state index contributed by atoms with van der Waals surface area (Å²) in [5.41, 5.74) is 7.03. The third-order valence-electron chi connectivity index (χ3n) is 6.49. The molecule has 1 aliphatic heterocycles. The van der Waals surface area contributed by atoms with Gasteiger partial charge in [0.15, 0.2) is 5.17 Å². The lowest BCUT2D eigenvalue weighted by atomic mass is 10.2. The van der Waals surface area contributed by atoms with E-state index in [1.165, 1.54) is 17.3 Å². The number of aryl methyl sites for hydroxylation is 2. The standard InChI is InChI=1S/C31H27Cl2N3O2S/c1-4-21-5-9-25(10-6-21)34-31-35-30(37)29(39-31)16-23-15-19(2)36(20(23)3)26-11-13-27(14-12-26)38-18-22-7-8-24(32)17-28(22)33/h5-17H,4,18H2,1-3H3,(H,34,35,37)/b29-16-. The maximum atomic E-state index is 12.7. The number of halogens is 2. The molecule has 39 heavy (non-hydrogen) atoms. The molecule has 198 valence electrons. The molecule has 5 nitrogen and oxygen atoms in total. The number of aliphatic imine (C=N–C) groups is 1. The number of amides is 1. The van der Waals surface area contributed by atoms with Crippen molar-refractivity contribution in [3.8, 4) is 11.4 Å². The highest BCUT2D eigenvalue weighted by atomic mass is 35.5. The van der Waals surface area contributed by atoms with Crippen LogP contribution in [0, 0.1) is 13.8 Å². The van der Waals surface area contributed by atoms with Crippen LogP contribution in [0.4, 0.5) is 5.69 Å². The lowest BCUT2D eigenvalue weighted by molar-refractivity contribution is -0.115. The van der Waals surface area contributed by atoms with Gasteiger partial charge in [-0.05, 0) is 104 Å². The van der Waals surface area contributed by atoms with E-state index in [9.17, 15) is 4.79 Å². The number of ether oxygens (including phenoxy) is 1. The molecule has 0 radical (unpaired) electrons. The van der Waals surface area contributed by atoms with Crippen molar-refractivity contribution in [1.29, 1.82) is 0 Å². The topological polar surface area (TPSA) is 55.6 Å². The summed E-state index contributed by atoms with van der Waals surface area (Å²) in [6, 6.07) is 23.4. The van der Waals surface area contributed by atoms with E-state index < -0.39 is 0 Å². The van der Waals surface area contributed by atoms with Gasteiger partial charge < -0.3 is 14.6 Å². The Kier molecular flexibility index (Phi) is 8.17. The van der Waals surface area contributed by atoms with Crippen LogP contribution in [0.3, 0.4) is 0 Å². The zero-order valence-corrected chi connectivity index (χ0v) is 24.1. The Morgan fingerprint density at radius 1 is 1.00 bits per heavy atom. The van der Waals surface area contributed by atoms with Crippen molar-refractivity contribution < 1.29 is 9.53 Å². The summed E-state index contributed by atoms with van der Waals surface area (Å²) >= 11 is 13.6. The van der Waals surface area contributed by atoms with E-state index in [2.05, 4.69) is 46.9 Å². The molecule has 2 heterocycles. The molecule has 3 aromatic carbocycles. The maximum absolute atomic E-state index is 12.7. The van der Waals surface area contributed by atoms with Crippen LogP contribution in [-0.4, -0.2) is 15.6 Å². The van der Waals surface area contributed by atoms with Crippen LogP contribution < -0.4 is 10.1 Å². The molecule has 0 bridgehead atoms. The number of nitrogens with one attached hydrogen (secondary N) is 1. The van der Waals surface area contributed by atoms with Gasteiger partial charge >= 0.3 is 0 Å². The van der Waals surface area contributed by atoms with Gasteiger partial charge in [-0.25, -0.2) is 4.99 Å². The van der Waals surface area contributed by atoms with Crippen LogP contribution in [0.1, 0.15) is 35.0 Å². The molecule has 4 aromatic rings. The maximum Gasteiger partial charge on any atom is 0.264 e. The Labute approximate surface area is 242 Å². The van der Waals surface area contributed by atoms with E-state index in [4.69, 9.17) is 27.9 Å². The summed E-state index contributed by atoms with van der Waals surface area (Å²) in [4.78, 5) is 17.9. The zero-order valence-electron chi connectivity index (χ0n) is 21.8. The third kappa shape index (κ3) is 6.25. The number of rotatable bonds is 7. The quantitative estimate of drug-likeness (QED) is 0.225. The monoisotopic (exact) mass is 575 g/mol. The SMILES string of the molecule is CCc1ccc(N=C2NC(=O)/C(=C/c3cc(C)n(-c4ccc(OCc5ccc(Cl)cc5Cl)cc4)c3C)S2)cc1. The summed E-state index contributed by atoms with van der Waals surface area (Å²) in [6.07, 6.45) is 2.90. The first-order valence-corrected chi connectivity index (χ1v) is 14.1. The molecule has 1 amide bonds.